The molecule has 10 nitrogen and oxygen atoms in total. The molecule has 1 amide bonds. The number of alkyl carbamates (subject to hydrolysis) is 1. The number of hydrogen-bond acceptors (Lipinski definition) is 7. The monoisotopic (exact) mass is 479 g/mol. The molecule has 0 aromatic carbocycles. The minimum Gasteiger partial charge on any atom is -0.441 e. The van der Waals surface area contributed by atoms with Crippen LogP contribution in [0.5, 0.6) is 0 Å². The third kappa shape index (κ3) is 3.60. The van der Waals surface area contributed by atoms with E-state index in [4.69, 9.17) is 9.47 Å². The predicted molar refractivity (Wildman–Crippen MR) is 107 cm³/mol. The van der Waals surface area contributed by atoms with Crippen LogP contribution in [0, 0.1) is 0 Å². The van der Waals surface area contributed by atoms with Crippen molar-refractivity contribution in [1.29, 1.82) is 0 Å². The number of alkyl halides is 1. The molecule has 0 unspecified atom stereocenters. The minimum atomic E-state index is -1.51. The zero-order valence-corrected chi connectivity index (χ0v) is 17.5. The van der Waals surface area contributed by atoms with E-state index in [1.165, 1.54) is 0 Å². The van der Waals surface area contributed by atoms with Crippen LogP contribution in [0.4, 0.5) is 20.8 Å². The molecule has 12 heteroatoms. The van der Waals surface area contributed by atoms with Crippen LogP contribution in [0.1, 0.15) is 31.6 Å². The largest absolute Gasteiger partial charge is 0.441 e. The number of carbonyl (C=O) groups is 1. The van der Waals surface area contributed by atoms with Gasteiger partial charge in [0.1, 0.15) is 11.6 Å². The van der Waals surface area contributed by atoms with Crippen molar-refractivity contribution in [1.82, 2.24) is 30.1 Å². The summed E-state index contributed by atoms with van der Waals surface area (Å²) >= 11 is 3.44. The number of nitrogens with one attached hydrogen (secondary N) is 3. The fraction of sp³-hybridized carbons (Fsp3) is 0.444. The van der Waals surface area contributed by atoms with Gasteiger partial charge in [-0.15, -0.1) is 0 Å². The van der Waals surface area contributed by atoms with Crippen LogP contribution < -0.4 is 10.6 Å². The topological polar surface area (TPSA) is 118 Å². The van der Waals surface area contributed by atoms with E-state index in [0.29, 0.717) is 17.3 Å². The predicted octanol–water partition coefficient (Wildman–Crippen LogP) is 3.02. The highest BCUT2D eigenvalue weighted by Gasteiger charge is 2.44. The molecule has 30 heavy (non-hydrogen) atoms. The summed E-state index contributed by atoms with van der Waals surface area (Å²) in [5.74, 6) is 0.980. The van der Waals surface area contributed by atoms with E-state index in [9.17, 15) is 9.18 Å². The van der Waals surface area contributed by atoms with Gasteiger partial charge in [-0.05, 0) is 35.7 Å². The van der Waals surface area contributed by atoms with Crippen LogP contribution in [-0.4, -0.2) is 55.3 Å². The second-order valence-electron chi connectivity index (χ2n) is 7.72. The molecule has 0 bridgehead atoms. The molecule has 2 fully saturated rings. The smallest absolute Gasteiger partial charge is 0.408 e. The standard InChI is InChI=1S/C18H19BrFN7O3/c1-18(2-3-18)24-17(28)30-11-8-29-15(13(11)20)10-6-12(26-25-10)23-16-14-9(19)7-22-27(14)5-4-21-16/h4-7,11,13,15H,2-3,8H2,1H3,(H,24,28)(H2,21,23,25,26)/t11-,13+,15-/m0/s1. The Morgan fingerprint density at radius 3 is 3.13 bits per heavy atom. The van der Waals surface area contributed by atoms with Crippen molar-refractivity contribution < 1.29 is 18.7 Å². The van der Waals surface area contributed by atoms with Gasteiger partial charge in [0.25, 0.3) is 0 Å². The molecule has 3 aromatic heterocycles. The van der Waals surface area contributed by atoms with E-state index >= 15 is 0 Å². The maximum atomic E-state index is 14.9. The summed E-state index contributed by atoms with van der Waals surface area (Å²) in [5, 5.41) is 17.0. The molecular weight excluding hydrogens is 461 g/mol. The number of carbonyl (C=O) groups excluding carboxylic acids is 1. The molecule has 0 spiro atoms. The highest BCUT2D eigenvalue weighted by atomic mass is 79.9. The Kier molecular flexibility index (Phi) is 4.62. The van der Waals surface area contributed by atoms with Gasteiger partial charge in [0.2, 0.25) is 0 Å². The Morgan fingerprint density at radius 2 is 2.33 bits per heavy atom. The van der Waals surface area contributed by atoms with Gasteiger partial charge in [0.15, 0.2) is 23.9 Å². The van der Waals surface area contributed by atoms with E-state index in [-0.39, 0.29) is 12.1 Å². The first-order valence-electron chi connectivity index (χ1n) is 9.46. The second kappa shape index (κ2) is 7.20. The quantitative estimate of drug-likeness (QED) is 0.514. The van der Waals surface area contributed by atoms with Crippen molar-refractivity contribution in [3.05, 3.63) is 34.8 Å². The fourth-order valence-corrected chi connectivity index (χ4v) is 3.79. The fourth-order valence-electron chi connectivity index (χ4n) is 3.33. The zero-order valence-electron chi connectivity index (χ0n) is 15.9. The molecule has 1 saturated heterocycles. The molecule has 3 N–H and O–H groups in total. The molecule has 4 heterocycles. The maximum absolute atomic E-state index is 14.9. The van der Waals surface area contributed by atoms with Crippen molar-refractivity contribution >= 4 is 39.2 Å². The third-order valence-corrected chi connectivity index (χ3v) is 5.86. The number of aromatic nitrogens is 5. The Labute approximate surface area is 178 Å². The van der Waals surface area contributed by atoms with Gasteiger partial charge in [0.05, 0.1) is 23.0 Å². The summed E-state index contributed by atoms with van der Waals surface area (Å²) in [6.07, 6.45) is 2.77. The molecule has 5 rings (SSSR count). The number of rotatable bonds is 5. The zero-order chi connectivity index (χ0) is 20.9. The van der Waals surface area contributed by atoms with Gasteiger partial charge in [-0.2, -0.15) is 10.2 Å². The average molecular weight is 480 g/mol. The number of nitrogens with zero attached hydrogens (tertiary/aromatic N) is 4. The first-order chi connectivity index (χ1) is 14.4. The first kappa shape index (κ1) is 19.2. The SMILES string of the molecule is CC1(NC(=O)O[C@H]2CO[C@@H](c3cc(Nc4nccn5ncc(Br)c45)n[nH]3)[C@@H]2F)CC1. The Balaban J connectivity index is 1.26. The average Bonchev–Trinajstić information content (AvgIpc) is 3.03. The lowest BCUT2D eigenvalue weighted by atomic mass is 10.1. The maximum Gasteiger partial charge on any atom is 0.408 e. The van der Waals surface area contributed by atoms with Crippen LogP contribution in [-0.2, 0) is 9.47 Å². The van der Waals surface area contributed by atoms with Crippen LogP contribution >= 0.6 is 15.9 Å². The van der Waals surface area contributed by atoms with E-state index < -0.39 is 24.5 Å². The first-order valence-corrected chi connectivity index (χ1v) is 10.3. The van der Waals surface area contributed by atoms with Gasteiger partial charge in [-0.25, -0.2) is 18.7 Å². The van der Waals surface area contributed by atoms with Gasteiger partial charge in [-0.3, -0.25) is 5.10 Å². The van der Waals surface area contributed by atoms with E-state index in [0.717, 1.165) is 22.8 Å². The molecule has 1 saturated carbocycles. The van der Waals surface area contributed by atoms with Gasteiger partial charge < -0.3 is 20.1 Å². The Morgan fingerprint density at radius 1 is 1.50 bits per heavy atom. The van der Waals surface area contributed by atoms with Gasteiger partial charge in [-0.1, -0.05) is 0 Å². The van der Waals surface area contributed by atoms with Crippen LogP contribution in [0.25, 0.3) is 5.52 Å². The summed E-state index contributed by atoms with van der Waals surface area (Å²) in [6.45, 7) is 1.90. The highest BCUT2D eigenvalue weighted by molar-refractivity contribution is 9.10. The number of ether oxygens (including phenoxy) is 2. The molecular formula is C18H19BrFN7O3. The minimum absolute atomic E-state index is 0.0264. The third-order valence-electron chi connectivity index (χ3n) is 5.28. The summed E-state index contributed by atoms with van der Waals surface area (Å²) in [4.78, 5) is 16.3. The summed E-state index contributed by atoms with van der Waals surface area (Å²) in [7, 11) is 0. The number of hydrogen-bond donors (Lipinski definition) is 3. The highest BCUT2D eigenvalue weighted by Crippen LogP contribution is 2.36. The van der Waals surface area contributed by atoms with E-state index in [1.54, 1.807) is 29.2 Å². The van der Waals surface area contributed by atoms with Crippen molar-refractivity contribution in [2.45, 2.75) is 43.7 Å². The second-order valence-corrected chi connectivity index (χ2v) is 8.58. The lowest BCUT2D eigenvalue weighted by Crippen LogP contribution is -2.39. The molecule has 0 radical (unpaired) electrons. The molecule has 3 atom stereocenters. The molecule has 1 aliphatic carbocycles. The molecule has 3 aromatic rings. The number of fused-ring (bicyclic) bond motifs is 1. The number of anilines is 2. The summed E-state index contributed by atoms with van der Waals surface area (Å²) < 4.78 is 28.1. The van der Waals surface area contributed by atoms with Gasteiger partial charge in [0, 0.05) is 24.0 Å². The van der Waals surface area contributed by atoms with E-state index in [1.807, 2.05) is 6.92 Å². The van der Waals surface area contributed by atoms with Crippen molar-refractivity contribution in [2.75, 3.05) is 11.9 Å². The van der Waals surface area contributed by atoms with Crippen LogP contribution in [0.15, 0.2) is 29.1 Å². The Hall–Kier alpha value is -2.73. The number of H-pyrrole nitrogens is 1. The van der Waals surface area contributed by atoms with Crippen molar-refractivity contribution in [3.8, 4) is 0 Å². The molecule has 1 aliphatic heterocycles. The number of halogens is 2. The van der Waals surface area contributed by atoms with E-state index in [2.05, 4.69) is 46.8 Å². The van der Waals surface area contributed by atoms with Crippen molar-refractivity contribution in [3.63, 3.8) is 0 Å². The van der Waals surface area contributed by atoms with Crippen LogP contribution in [0.3, 0.4) is 0 Å². The summed E-state index contributed by atoms with van der Waals surface area (Å²) in [5.41, 5.74) is 0.948. The normalized spacial score (nSPS) is 24.7. The molecule has 2 aliphatic rings. The number of aromatic amines is 1. The van der Waals surface area contributed by atoms with Gasteiger partial charge >= 0.3 is 6.09 Å². The lowest BCUT2D eigenvalue weighted by Gasteiger charge is -2.17. The lowest BCUT2D eigenvalue weighted by molar-refractivity contribution is 0.0604. The molecule has 158 valence electrons. The number of amides is 1. The van der Waals surface area contributed by atoms with Crippen LogP contribution in [0.2, 0.25) is 0 Å². The van der Waals surface area contributed by atoms with Crippen molar-refractivity contribution in [2.24, 2.45) is 0 Å². The summed E-state index contributed by atoms with van der Waals surface area (Å²) in [6, 6.07) is 1.64. The Bertz CT molecular complexity index is 1100.